The predicted molar refractivity (Wildman–Crippen MR) is 71.6 cm³/mol. The van der Waals surface area contributed by atoms with E-state index in [2.05, 4.69) is 5.32 Å². The number of amides is 2. The average Bonchev–Trinajstić information content (AvgIpc) is 2.15. The lowest BCUT2D eigenvalue weighted by atomic mass is 9.87. The zero-order valence-corrected chi connectivity index (χ0v) is 12.1. The van der Waals surface area contributed by atoms with E-state index in [-0.39, 0.29) is 23.9 Å². The van der Waals surface area contributed by atoms with Gasteiger partial charge in [-0.15, -0.1) is 0 Å². The number of rotatable bonds is 6. The first-order chi connectivity index (χ1) is 8.19. The molecule has 0 bridgehead atoms. The molecule has 0 aliphatic rings. The summed E-state index contributed by atoms with van der Waals surface area (Å²) in [6.07, 6.45) is 0.608. The summed E-state index contributed by atoms with van der Waals surface area (Å²) in [5, 5.41) is 11.7. The number of nitrogens with zero attached hydrogens (tertiary/aromatic N) is 1. The summed E-state index contributed by atoms with van der Waals surface area (Å²) in [6.45, 7) is 11.1. The van der Waals surface area contributed by atoms with Crippen LogP contribution in [0.3, 0.4) is 0 Å². The highest BCUT2D eigenvalue weighted by atomic mass is 16.4. The van der Waals surface area contributed by atoms with Crippen molar-refractivity contribution in [3.05, 3.63) is 0 Å². The largest absolute Gasteiger partial charge is 0.481 e. The quantitative estimate of drug-likeness (QED) is 0.768. The van der Waals surface area contributed by atoms with Gasteiger partial charge in [0.25, 0.3) is 0 Å². The zero-order chi connectivity index (χ0) is 14.3. The van der Waals surface area contributed by atoms with Gasteiger partial charge in [0, 0.05) is 19.1 Å². The van der Waals surface area contributed by atoms with Crippen molar-refractivity contribution in [1.82, 2.24) is 10.2 Å². The molecule has 0 rings (SSSR count). The van der Waals surface area contributed by atoms with Gasteiger partial charge in [-0.1, -0.05) is 20.8 Å². The molecule has 18 heavy (non-hydrogen) atoms. The fraction of sp³-hybridized carbons (Fsp3) is 0.846. The van der Waals surface area contributed by atoms with Gasteiger partial charge in [0.2, 0.25) is 0 Å². The first-order valence-corrected chi connectivity index (χ1v) is 6.46. The maximum absolute atomic E-state index is 11.9. The molecule has 0 saturated carbocycles. The van der Waals surface area contributed by atoms with Crippen LogP contribution in [0.5, 0.6) is 0 Å². The highest BCUT2D eigenvalue weighted by molar-refractivity contribution is 5.75. The van der Waals surface area contributed by atoms with Gasteiger partial charge < -0.3 is 15.3 Å². The van der Waals surface area contributed by atoms with E-state index in [1.807, 2.05) is 34.6 Å². The molecule has 0 heterocycles. The number of hydrogen-bond acceptors (Lipinski definition) is 2. The van der Waals surface area contributed by atoms with Crippen LogP contribution in [-0.2, 0) is 4.79 Å². The Morgan fingerprint density at radius 1 is 1.22 bits per heavy atom. The number of carboxylic acid groups (broad SMARTS) is 1. The monoisotopic (exact) mass is 258 g/mol. The highest BCUT2D eigenvalue weighted by Gasteiger charge is 2.23. The molecular formula is C13H26N2O3. The van der Waals surface area contributed by atoms with Crippen molar-refractivity contribution in [3.63, 3.8) is 0 Å². The molecule has 1 atom stereocenters. The average molecular weight is 258 g/mol. The molecule has 2 amide bonds. The van der Waals surface area contributed by atoms with Crippen LogP contribution in [0.15, 0.2) is 0 Å². The second kappa shape index (κ2) is 7.24. The van der Waals surface area contributed by atoms with Crippen molar-refractivity contribution in [2.75, 3.05) is 13.1 Å². The molecule has 0 saturated heterocycles. The second-order valence-electron chi connectivity index (χ2n) is 5.68. The molecule has 1 unspecified atom stereocenters. The van der Waals surface area contributed by atoms with Crippen LogP contribution < -0.4 is 5.32 Å². The molecule has 0 aliphatic heterocycles. The van der Waals surface area contributed by atoms with Gasteiger partial charge in [-0.2, -0.15) is 0 Å². The minimum Gasteiger partial charge on any atom is -0.481 e. The Hall–Kier alpha value is -1.26. The van der Waals surface area contributed by atoms with Crippen LogP contribution in [0.2, 0.25) is 0 Å². The van der Waals surface area contributed by atoms with E-state index in [4.69, 9.17) is 5.11 Å². The lowest BCUT2D eigenvalue weighted by Gasteiger charge is -2.28. The maximum Gasteiger partial charge on any atom is 0.317 e. The maximum atomic E-state index is 11.9. The van der Waals surface area contributed by atoms with Crippen LogP contribution in [0.1, 0.15) is 47.5 Å². The van der Waals surface area contributed by atoms with Crippen molar-refractivity contribution in [2.24, 2.45) is 5.41 Å². The minimum absolute atomic E-state index is 0.0172. The Balaban J connectivity index is 4.58. The molecule has 0 aliphatic carbocycles. The normalized spacial score (nSPS) is 12.9. The summed E-state index contributed by atoms with van der Waals surface area (Å²) in [6, 6.07) is -0.508. The Labute approximate surface area is 110 Å². The summed E-state index contributed by atoms with van der Waals surface area (Å²) < 4.78 is 0. The first kappa shape index (κ1) is 16.7. The van der Waals surface area contributed by atoms with Gasteiger partial charge in [-0.05, 0) is 25.7 Å². The molecule has 0 aromatic heterocycles. The lowest BCUT2D eigenvalue weighted by Crippen LogP contribution is -2.46. The minimum atomic E-state index is -0.885. The number of aliphatic carboxylic acids is 1. The standard InChI is InChI=1S/C13H26N2O3/c1-6-15(7-2)12(18)14-10(8-11(16)17)9-13(3,4)5/h10H,6-9H2,1-5H3,(H,14,18)(H,16,17). The number of urea groups is 1. The Bertz CT molecular complexity index is 280. The van der Waals surface area contributed by atoms with Gasteiger partial charge in [0.1, 0.15) is 0 Å². The van der Waals surface area contributed by atoms with Crippen LogP contribution >= 0.6 is 0 Å². The van der Waals surface area contributed by atoms with Gasteiger partial charge >= 0.3 is 12.0 Å². The highest BCUT2D eigenvalue weighted by Crippen LogP contribution is 2.22. The molecule has 0 radical (unpaired) electrons. The van der Waals surface area contributed by atoms with Crippen molar-refractivity contribution < 1.29 is 14.7 Å². The number of carbonyl (C=O) groups excluding carboxylic acids is 1. The molecule has 0 aromatic carbocycles. The molecule has 5 nitrogen and oxygen atoms in total. The third-order valence-electron chi connectivity index (χ3n) is 2.66. The molecule has 106 valence electrons. The van der Waals surface area contributed by atoms with E-state index in [9.17, 15) is 9.59 Å². The third-order valence-corrected chi connectivity index (χ3v) is 2.66. The number of nitrogens with one attached hydrogen (secondary N) is 1. The van der Waals surface area contributed by atoms with E-state index in [0.29, 0.717) is 19.5 Å². The summed E-state index contributed by atoms with van der Waals surface area (Å²) in [5.74, 6) is -0.885. The molecule has 2 N–H and O–H groups in total. The Morgan fingerprint density at radius 2 is 1.72 bits per heavy atom. The van der Waals surface area contributed by atoms with Crippen LogP contribution in [-0.4, -0.2) is 41.1 Å². The predicted octanol–water partition coefficient (Wildman–Crippen LogP) is 2.32. The van der Waals surface area contributed by atoms with Crippen LogP contribution in [0, 0.1) is 5.41 Å². The van der Waals surface area contributed by atoms with E-state index in [1.54, 1.807) is 4.90 Å². The number of carbonyl (C=O) groups is 2. The smallest absolute Gasteiger partial charge is 0.317 e. The topological polar surface area (TPSA) is 69.6 Å². The summed E-state index contributed by atoms with van der Waals surface area (Å²) in [4.78, 5) is 24.4. The molecule has 0 aromatic rings. The summed E-state index contributed by atoms with van der Waals surface area (Å²) in [7, 11) is 0. The molecule has 5 heteroatoms. The van der Waals surface area contributed by atoms with Crippen molar-refractivity contribution in [3.8, 4) is 0 Å². The molecule has 0 fully saturated rings. The second-order valence-corrected chi connectivity index (χ2v) is 5.68. The zero-order valence-electron chi connectivity index (χ0n) is 12.1. The fourth-order valence-electron chi connectivity index (χ4n) is 1.90. The van der Waals surface area contributed by atoms with E-state index < -0.39 is 5.97 Å². The van der Waals surface area contributed by atoms with Gasteiger partial charge in [0.05, 0.1) is 6.42 Å². The number of hydrogen-bond donors (Lipinski definition) is 2. The Morgan fingerprint density at radius 3 is 2.06 bits per heavy atom. The van der Waals surface area contributed by atoms with Crippen molar-refractivity contribution in [1.29, 1.82) is 0 Å². The van der Waals surface area contributed by atoms with Crippen molar-refractivity contribution in [2.45, 2.75) is 53.5 Å². The lowest BCUT2D eigenvalue weighted by molar-refractivity contribution is -0.137. The van der Waals surface area contributed by atoms with Crippen molar-refractivity contribution >= 4 is 12.0 Å². The van der Waals surface area contributed by atoms with Gasteiger partial charge in [-0.3, -0.25) is 4.79 Å². The third kappa shape index (κ3) is 7.14. The fourth-order valence-corrected chi connectivity index (χ4v) is 1.90. The van der Waals surface area contributed by atoms with Crippen LogP contribution in [0.25, 0.3) is 0 Å². The first-order valence-electron chi connectivity index (χ1n) is 6.46. The van der Waals surface area contributed by atoms with Gasteiger partial charge in [0.15, 0.2) is 0 Å². The van der Waals surface area contributed by atoms with E-state index >= 15 is 0 Å². The summed E-state index contributed by atoms with van der Waals surface area (Å²) in [5.41, 5.74) is -0.0172. The van der Waals surface area contributed by atoms with E-state index in [1.165, 1.54) is 0 Å². The summed E-state index contributed by atoms with van der Waals surface area (Å²) >= 11 is 0. The molecular weight excluding hydrogens is 232 g/mol. The van der Waals surface area contributed by atoms with E-state index in [0.717, 1.165) is 0 Å². The molecule has 0 spiro atoms. The Kier molecular flexibility index (Phi) is 6.73. The van der Waals surface area contributed by atoms with Gasteiger partial charge in [-0.25, -0.2) is 4.79 Å². The van der Waals surface area contributed by atoms with Crippen LogP contribution in [0.4, 0.5) is 4.79 Å². The number of carboxylic acids is 1. The SMILES string of the molecule is CCN(CC)C(=O)NC(CC(=O)O)CC(C)(C)C.